The number of halogens is 1. The number of rotatable bonds is 2. The van der Waals surface area contributed by atoms with Crippen LogP contribution in [0.3, 0.4) is 0 Å². The van der Waals surface area contributed by atoms with Gasteiger partial charge in [-0.25, -0.2) is 17.6 Å². The molecular weight excluding hydrogens is 163 g/mol. The molecule has 1 atom stereocenters. The molecule has 0 bridgehead atoms. The SMILES string of the molecule is COC(=O)C(F)S(C)(=O)=O. The van der Waals surface area contributed by atoms with E-state index in [0.717, 1.165) is 7.11 Å². The van der Waals surface area contributed by atoms with E-state index in [0.29, 0.717) is 6.26 Å². The summed E-state index contributed by atoms with van der Waals surface area (Å²) in [6.07, 6.45) is 0.620. The molecule has 60 valence electrons. The quantitative estimate of drug-likeness (QED) is 0.524. The number of hydrogen-bond donors (Lipinski definition) is 0. The molecule has 0 rings (SSSR count). The number of hydrogen-bond acceptors (Lipinski definition) is 4. The summed E-state index contributed by atoms with van der Waals surface area (Å²) in [5.41, 5.74) is -2.56. The zero-order valence-electron chi connectivity index (χ0n) is 5.50. The van der Waals surface area contributed by atoms with Gasteiger partial charge in [-0.3, -0.25) is 0 Å². The topological polar surface area (TPSA) is 60.4 Å². The Balaban J connectivity index is 4.39. The minimum Gasteiger partial charge on any atom is -0.466 e. The van der Waals surface area contributed by atoms with Crippen LogP contribution in [0.5, 0.6) is 0 Å². The first-order chi connectivity index (χ1) is 4.39. The lowest BCUT2D eigenvalue weighted by Crippen LogP contribution is -2.25. The van der Waals surface area contributed by atoms with Crippen molar-refractivity contribution in [3.8, 4) is 0 Å². The fraction of sp³-hybridized carbons (Fsp3) is 0.750. The van der Waals surface area contributed by atoms with Gasteiger partial charge in [0, 0.05) is 6.26 Å². The summed E-state index contributed by atoms with van der Waals surface area (Å²) in [4.78, 5) is 10.2. The molecule has 0 aromatic rings. The molecule has 6 heteroatoms. The van der Waals surface area contributed by atoms with Crippen molar-refractivity contribution in [3.63, 3.8) is 0 Å². The molecule has 0 aliphatic heterocycles. The summed E-state index contributed by atoms with van der Waals surface area (Å²) in [6, 6.07) is 0. The van der Waals surface area contributed by atoms with E-state index in [9.17, 15) is 17.6 Å². The molecule has 0 spiro atoms. The number of carbonyl (C=O) groups is 1. The third kappa shape index (κ3) is 2.30. The number of carbonyl (C=O) groups excluding carboxylic acids is 1. The van der Waals surface area contributed by atoms with E-state index in [4.69, 9.17) is 0 Å². The zero-order valence-corrected chi connectivity index (χ0v) is 6.31. The Morgan fingerprint density at radius 1 is 1.60 bits per heavy atom. The van der Waals surface area contributed by atoms with Crippen molar-refractivity contribution in [2.75, 3.05) is 13.4 Å². The Morgan fingerprint density at radius 3 is 2.10 bits per heavy atom. The molecule has 0 amide bonds. The molecule has 0 N–H and O–H groups in total. The van der Waals surface area contributed by atoms with Crippen LogP contribution in [0.15, 0.2) is 0 Å². The molecule has 0 aliphatic rings. The van der Waals surface area contributed by atoms with Crippen molar-refractivity contribution in [1.29, 1.82) is 0 Å². The molecule has 0 heterocycles. The Morgan fingerprint density at radius 2 is 2.00 bits per heavy atom. The Kier molecular flexibility index (Phi) is 2.77. The van der Waals surface area contributed by atoms with E-state index in [1.165, 1.54) is 0 Å². The molecule has 0 aromatic carbocycles. The minimum atomic E-state index is -3.96. The highest BCUT2D eigenvalue weighted by Gasteiger charge is 2.28. The Labute approximate surface area is 57.9 Å². The molecule has 10 heavy (non-hydrogen) atoms. The van der Waals surface area contributed by atoms with Gasteiger partial charge in [0.05, 0.1) is 7.11 Å². The van der Waals surface area contributed by atoms with Crippen molar-refractivity contribution < 1.29 is 22.3 Å². The average Bonchev–Trinajstić information content (AvgIpc) is 1.83. The van der Waals surface area contributed by atoms with Gasteiger partial charge >= 0.3 is 5.97 Å². The maximum absolute atomic E-state index is 12.2. The highest BCUT2D eigenvalue weighted by atomic mass is 32.2. The predicted octanol–water partition coefficient (Wildman–Crippen LogP) is -0.500. The fourth-order valence-corrected chi connectivity index (χ4v) is 0.713. The molecule has 0 aromatic heterocycles. The van der Waals surface area contributed by atoms with E-state index >= 15 is 0 Å². The Hall–Kier alpha value is -0.650. The van der Waals surface area contributed by atoms with Gasteiger partial charge in [0.2, 0.25) is 0 Å². The number of methoxy groups -OCH3 is 1. The summed E-state index contributed by atoms with van der Waals surface area (Å²) in [7, 11) is -3.04. The molecule has 0 saturated heterocycles. The third-order valence-corrected chi connectivity index (χ3v) is 1.71. The second kappa shape index (κ2) is 2.96. The second-order valence-corrected chi connectivity index (χ2v) is 3.74. The van der Waals surface area contributed by atoms with Gasteiger partial charge in [-0.2, -0.15) is 0 Å². The van der Waals surface area contributed by atoms with E-state index in [1.807, 2.05) is 0 Å². The fourth-order valence-electron chi connectivity index (χ4n) is 0.267. The number of sulfone groups is 1. The summed E-state index contributed by atoms with van der Waals surface area (Å²) in [5.74, 6) is -1.39. The minimum absolute atomic E-state index is 0.620. The monoisotopic (exact) mass is 170 g/mol. The van der Waals surface area contributed by atoms with Crippen molar-refractivity contribution >= 4 is 15.8 Å². The van der Waals surface area contributed by atoms with Crippen LogP contribution >= 0.6 is 0 Å². The Bertz CT molecular complexity index is 219. The highest BCUT2D eigenvalue weighted by Crippen LogP contribution is 2.01. The molecule has 1 unspecified atom stereocenters. The molecule has 0 radical (unpaired) electrons. The summed E-state index contributed by atoms with van der Waals surface area (Å²) >= 11 is 0. The summed E-state index contributed by atoms with van der Waals surface area (Å²) in [6.45, 7) is 0. The maximum atomic E-state index is 12.2. The summed E-state index contributed by atoms with van der Waals surface area (Å²) < 4.78 is 36.6. The van der Waals surface area contributed by atoms with Crippen LogP contribution in [-0.4, -0.2) is 33.3 Å². The number of alkyl halides is 1. The lowest BCUT2D eigenvalue weighted by Gasteiger charge is -2.01. The molecule has 0 fully saturated rings. The highest BCUT2D eigenvalue weighted by molar-refractivity contribution is 7.91. The lowest BCUT2D eigenvalue weighted by molar-refractivity contribution is -0.143. The van der Waals surface area contributed by atoms with Crippen LogP contribution in [0.2, 0.25) is 0 Å². The molecule has 4 nitrogen and oxygen atoms in total. The summed E-state index contributed by atoms with van der Waals surface area (Å²) in [5, 5.41) is 0. The van der Waals surface area contributed by atoms with Gasteiger partial charge in [-0.05, 0) is 0 Å². The number of esters is 1. The standard InChI is InChI=1S/C4H7FO4S/c1-9-4(6)3(5)10(2,7)8/h3H,1-2H3. The number of ether oxygens (including phenoxy) is 1. The zero-order chi connectivity index (χ0) is 8.36. The average molecular weight is 170 g/mol. The molecule has 0 saturated carbocycles. The van der Waals surface area contributed by atoms with E-state index < -0.39 is 21.3 Å². The predicted molar refractivity (Wildman–Crippen MR) is 31.8 cm³/mol. The smallest absolute Gasteiger partial charge is 0.356 e. The maximum Gasteiger partial charge on any atom is 0.356 e. The van der Waals surface area contributed by atoms with Gasteiger partial charge in [0.25, 0.3) is 5.50 Å². The second-order valence-electron chi connectivity index (χ2n) is 1.67. The van der Waals surface area contributed by atoms with Gasteiger partial charge < -0.3 is 4.74 Å². The lowest BCUT2D eigenvalue weighted by atomic mass is 10.8. The van der Waals surface area contributed by atoms with Gasteiger partial charge in [0.15, 0.2) is 9.84 Å². The van der Waals surface area contributed by atoms with E-state index in [-0.39, 0.29) is 0 Å². The first-order valence-corrected chi connectivity index (χ1v) is 4.26. The van der Waals surface area contributed by atoms with Crippen LogP contribution in [0.1, 0.15) is 0 Å². The van der Waals surface area contributed by atoms with Gasteiger partial charge in [-0.15, -0.1) is 0 Å². The largest absolute Gasteiger partial charge is 0.466 e. The normalized spacial score (nSPS) is 14.3. The molecule has 0 aliphatic carbocycles. The van der Waals surface area contributed by atoms with Crippen molar-refractivity contribution in [1.82, 2.24) is 0 Å². The first kappa shape index (κ1) is 9.35. The first-order valence-electron chi connectivity index (χ1n) is 2.30. The van der Waals surface area contributed by atoms with Crippen molar-refractivity contribution in [2.45, 2.75) is 5.50 Å². The van der Waals surface area contributed by atoms with E-state index in [1.54, 1.807) is 0 Å². The van der Waals surface area contributed by atoms with Crippen molar-refractivity contribution in [2.24, 2.45) is 0 Å². The van der Waals surface area contributed by atoms with Crippen LogP contribution in [-0.2, 0) is 19.4 Å². The van der Waals surface area contributed by atoms with Crippen LogP contribution in [0.4, 0.5) is 4.39 Å². The molecular formula is C4H7FO4S. The third-order valence-electron chi connectivity index (χ3n) is 0.762. The van der Waals surface area contributed by atoms with Gasteiger partial charge in [0.1, 0.15) is 0 Å². The van der Waals surface area contributed by atoms with E-state index in [2.05, 4.69) is 4.74 Å². The van der Waals surface area contributed by atoms with Crippen molar-refractivity contribution in [3.05, 3.63) is 0 Å². The van der Waals surface area contributed by atoms with Crippen LogP contribution in [0, 0.1) is 0 Å². The van der Waals surface area contributed by atoms with Crippen LogP contribution in [0.25, 0.3) is 0 Å². The van der Waals surface area contributed by atoms with Crippen LogP contribution < -0.4 is 0 Å². The van der Waals surface area contributed by atoms with Gasteiger partial charge in [-0.1, -0.05) is 0 Å².